The first-order valence-corrected chi connectivity index (χ1v) is 14.8. The fourth-order valence-electron chi connectivity index (χ4n) is 4.99. The molecule has 14 nitrogen and oxygen atoms in total. The zero-order valence-corrected chi connectivity index (χ0v) is 26.5. The molecule has 2 aromatic carbocycles. The van der Waals surface area contributed by atoms with Gasteiger partial charge in [0.2, 0.25) is 23.6 Å². The van der Waals surface area contributed by atoms with E-state index in [4.69, 9.17) is 0 Å². The third-order valence-electron chi connectivity index (χ3n) is 7.38. The quantitative estimate of drug-likeness (QED) is 0.136. The molecule has 1 atom stereocenters. The van der Waals surface area contributed by atoms with Crippen LogP contribution in [0.15, 0.2) is 54.6 Å². The van der Waals surface area contributed by atoms with Crippen molar-refractivity contribution in [3.63, 3.8) is 0 Å². The number of nitrogens with zero attached hydrogens (tertiary/aromatic N) is 2. The number of amides is 6. The molecule has 15 heteroatoms. The number of anilines is 2. The molecule has 6 amide bonds. The van der Waals surface area contributed by atoms with E-state index in [1.54, 1.807) is 18.2 Å². The maximum atomic E-state index is 13.1. The normalized spacial score (nSPS) is 13.7. The van der Waals surface area contributed by atoms with Gasteiger partial charge in [-0.3, -0.25) is 24.1 Å². The predicted molar refractivity (Wildman–Crippen MR) is 165 cm³/mol. The average Bonchev–Trinajstić information content (AvgIpc) is 3.05. The van der Waals surface area contributed by atoms with Crippen LogP contribution in [0.4, 0.5) is 16.2 Å². The number of carbonyl (C=O) groups excluding carboxylic acids is 6. The molecule has 0 spiro atoms. The summed E-state index contributed by atoms with van der Waals surface area (Å²) in [7, 11) is 0. The summed E-state index contributed by atoms with van der Waals surface area (Å²) in [6, 6.07) is 16.9. The van der Waals surface area contributed by atoms with Crippen LogP contribution in [0, 0.1) is 0 Å². The number of carboxylic acid groups (broad SMARTS) is 1. The number of carboxylic acids is 1. The van der Waals surface area contributed by atoms with Crippen molar-refractivity contribution in [1.29, 1.82) is 0 Å². The van der Waals surface area contributed by atoms with Gasteiger partial charge in [-0.2, -0.15) is 0 Å². The second-order valence-corrected chi connectivity index (χ2v) is 10.5. The van der Waals surface area contributed by atoms with Gasteiger partial charge in [-0.1, -0.05) is 43.3 Å². The van der Waals surface area contributed by atoms with Crippen LogP contribution in [0.25, 0.3) is 0 Å². The van der Waals surface area contributed by atoms with Crippen molar-refractivity contribution >= 4 is 47.0 Å². The van der Waals surface area contributed by atoms with Crippen LogP contribution in [-0.2, 0) is 24.0 Å². The number of rotatable bonds is 14. The van der Waals surface area contributed by atoms with Gasteiger partial charge in [0, 0.05) is 43.0 Å². The van der Waals surface area contributed by atoms with E-state index in [-0.39, 0.29) is 36.9 Å². The predicted octanol–water partition coefficient (Wildman–Crippen LogP) is -3.12. The average molecular weight is 630 g/mol. The first kappa shape index (κ1) is 37.8. The van der Waals surface area contributed by atoms with E-state index < -0.39 is 55.9 Å². The molecule has 1 fully saturated rings. The zero-order valence-electron chi connectivity index (χ0n) is 26.5. The topological polar surface area (TPSA) is 192 Å². The number of urea groups is 1. The third-order valence-corrected chi connectivity index (χ3v) is 7.38. The summed E-state index contributed by atoms with van der Waals surface area (Å²) in [5.41, 5.74) is 2.37. The molecule has 1 unspecified atom stereocenters. The SMILES string of the molecule is CCC(=O)N(c1cccc(NC(=O)NCC(=O)NCC(=O)NCC(=O)NCC(=O)[O-])c1)C1CCN(C(C)c2ccccc2)CC1.[Li+]. The molecule has 242 valence electrons. The minimum absolute atomic E-state index is 0. The van der Waals surface area contributed by atoms with Crippen molar-refractivity contribution in [1.82, 2.24) is 26.2 Å². The van der Waals surface area contributed by atoms with Crippen molar-refractivity contribution in [2.24, 2.45) is 0 Å². The van der Waals surface area contributed by atoms with Crippen molar-refractivity contribution in [3.8, 4) is 0 Å². The Kier molecular flexibility index (Phi) is 15.8. The van der Waals surface area contributed by atoms with Gasteiger partial charge >= 0.3 is 24.9 Å². The number of nitrogens with one attached hydrogen (secondary N) is 5. The van der Waals surface area contributed by atoms with Gasteiger partial charge in [0.15, 0.2) is 0 Å². The van der Waals surface area contributed by atoms with Crippen molar-refractivity contribution in [3.05, 3.63) is 60.2 Å². The molecule has 0 saturated carbocycles. The molecule has 3 rings (SSSR count). The Balaban J connectivity index is 0.00000736. The molecule has 1 heterocycles. The van der Waals surface area contributed by atoms with Crippen LogP contribution in [0.1, 0.15) is 44.7 Å². The van der Waals surface area contributed by atoms with E-state index in [9.17, 15) is 33.9 Å². The molecule has 1 saturated heterocycles. The summed E-state index contributed by atoms with van der Waals surface area (Å²) in [6.45, 7) is 3.66. The standard InChI is InChI=1S/C31H41N7O7.Li/c1-3-29(42)38(24-12-14-37(15-13-24)21(2)22-8-5-4-6-9-22)25-11-7-10-23(16-25)36-31(45)35-19-28(41)33-17-26(39)32-18-27(40)34-20-30(43)44;/h4-11,16,21,24H,3,12-15,17-20H2,1-2H3,(H,32,39)(H,33,41)(H,34,40)(H,43,44)(H2,35,36,45);/q;+1/p-1. The van der Waals surface area contributed by atoms with E-state index in [0.717, 1.165) is 25.9 Å². The smallest absolute Gasteiger partial charge is 0.548 e. The molecular formula is C31H40LiN7O7. The summed E-state index contributed by atoms with van der Waals surface area (Å²) in [5, 5.41) is 21.9. The first-order valence-electron chi connectivity index (χ1n) is 14.8. The van der Waals surface area contributed by atoms with Gasteiger partial charge in [0.05, 0.1) is 32.1 Å². The number of carbonyl (C=O) groups is 6. The maximum absolute atomic E-state index is 13.1. The summed E-state index contributed by atoms with van der Waals surface area (Å²) >= 11 is 0. The van der Waals surface area contributed by atoms with Gasteiger partial charge in [-0.15, -0.1) is 0 Å². The Morgan fingerprint density at radius 3 is 1.96 bits per heavy atom. The van der Waals surface area contributed by atoms with E-state index in [1.165, 1.54) is 5.56 Å². The third kappa shape index (κ3) is 12.2. The second kappa shape index (κ2) is 19.2. The minimum atomic E-state index is -1.47. The Labute approximate surface area is 280 Å². The summed E-state index contributed by atoms with van der Waals surface area (Å²) < 4.78 is 0. The summed E-state index contributed by atoms with van der Waals surface area (Å²) in [6.07, 6.45) is 1.95. The van der Waals surface area contributed by atoms with Gasteiger partial charge in [0.1, 0.15) is 0 Å². The number of likely N-dealkylation sites (tertiary alicyclic amines) is 1. The van der Waals surface area contributed by atoms with E-state index in [0.29, 0.717) is 17.8 Å². The molecule has 0 aromatic heterocycles. The van der Waals surface area contributed by atoms with Gasteiger partial charge in [-0.25, -0.2) is 4.79 Å². The number of benzene rings is 2. The first-order chi connectivity index (χ1) is 21.6. The largest absolute Gasteiger partial charge is 1.00 e. The van der Waals surface area contributed by atoms with E-state index in [1.807, 2.05) is 41.4 Å². The van der Waals surface area contributed by atoms with Crippen LogP contribution < -0.4 is 55.5 Å². The fraction of sp³-hybridized carbons (Fsp3) is 0.419. The molecule has 5 N–H and O–H groups in total. The van der Waals surface area contributed by atoms with Crippen LogP contribution in [0.2, 0.25) is 0 Å². The summed E-state index contributed by atoms with van der Waals surface area (Å²) in [4.78, 5) is 75.4. The summed E-state index contributed by atoms with van der Waals surface area (Å²) in [5.74, 6) is -3.55. The molecule has 1 aliphatic rings. The molecule has 46 heavy (non-hydrogen) atoms. The maximum Gasteiger partial charge on any atom is 1.00 e. The van der Waals surface area contributed by atoms with Crippen LogP contribution in [0.5, 0.6) is 0 Å². The molecule has 1 aliphatic heterocycles. The molecule has 2 aromatic rings. The molecule has 0 bridgehead atoms. The van der Waals surface area contributed by atoms with E-state index >= 15 is 0 Å². The molecular weight excluding hydrogens is 589 g/mol. The number of aliphatic carboxylic acids is 1. The Bertz CT molecular complexity index is 1350. The van der Waals surface area contributed by atoms with Crippen molar-refractivity contribution in [2.75, 3.05) is 49.5 Å². The van der Waals surface area contributed by atoms with Gasteiger partial charge in [-0.05, 0) is 43.5 Å². The number of piperidine rings is 1. The monoisotopic (exact) mass is 629 g/mol. The fourth-order valence-corrected chi connectivity index (χ4v) is 4.99. The minimum Gasteiger partial charge on any atom is -0.548 e. The molecule has 0 radical (unpaired) electrons. The van der Waals surface area contributed by atoms with E-state index in [2.05, 4.69) is 45.2 Å². The second-order valence-electron chi connectivity index (χ2n) is 10.5. The zero-order chi connectivity index (χ0) is 32.8. The van der Waals surface area contributed by atoms with Crippen molar-refractivity contribution in [2.45, 2.75) is 45.2 Å². The number of hydrogen-bond donors (Lipinski definition) is 5. The Morgan fingerprint density at radius 2 is 1.39 bits per heavy atom. The molecule has 0 aliphatic carbocycles. The van der Waals surface area contributed by atoms with Crippen LogP contribution >= 0.6 is 0 Å². The Morgan fingerprint density at radius 1 is 0.826 bits per heavy atom. The van der Waals surface area contributed by atoms with Gasteiger partial charge < -0.3 is 41.4 Å². The Hall–Kier alpha value is -4.38. The van der Waals surface area contributed by atoms with Crippen LogP contribution in [-0.4, -0.2) is 85.8 Å². The number of hydrogen-bond acceptors (Lipinski definition) is 8. The van der Waals surface area contributed by atoms with Crippen LogP contribution in [0.3, 0.4) is 0 Å². The van der Waals surface area contributed by atoms with Crippen molar-refractivity contribution < 1.29 is 52.7 Å². The van der Waals surface area contributed by atoms with Gasteiger partial charge in [0.25, 0.3) is 0 Å².